The molecule has 106 valence electrons. The van der Waals surface area contributed by atoms with Crippen molar-refractivity contribution in [2.75, 3.05) is 11.9 Å². The number of nitrogens with one attached hydrogen (secondary N) is 1. The van der Waals surface area contributed by atoms with Crippen molar-refractivity contribution in [3.8, 4) is 0 Å². The molecule has 1 atom stereocenters. The molecule has 0 saturated heterocycles. The van der Waals surface area contributed by atoms with E-state index in [0.29, 0.717) is 24.3 Å². The highest BCUT2D eigenvalue weighted by molar-refractivity contribution is 5.35. The fraction of sp³-hybridized carbons (Fsp3) is 0.714. The topological polar surface area (TPSA) is 72.9 Å². The summed E-state index contributed by atoms with van der Waals surface area (Å²) in [4.78, 5) is 16.5. The summed E-state index contributed by atoms with van der Waals surface area (Å²) in [7, 11) is 0. The molecule has 1 unspecified atom stereocenters. The van der Waals surface area contributed by atoms with Gasteiger partial charge < -0.3 is 15.6 Å². The standard InChI is InChI=1S/C14H24N4O/c1-10(2)8-14(3,9-15)17-12-13(19)18(7-6-16-12)11-4-5-11/h6-7,10-11H,4-5,8-9,15H2,1-3H3,(H,16,17). The molecule has 0 aliphatic heterocycles. The molecule has 3 N–H and O–H groups in total. The molecular weight excluding hydrogens is 240 g/mol. The van der Waals surface area contributed by atoms with Crippen LogP contribution in [0.15, 0.2) is 17.2 Å². The quantitative estimate of drug-likeness (QED) is 0.821. The Morgan fingerprint density at radius 2 is 2.26 bits per heavy atom. The van der Waals surface area contributed by atoms with Gasteiger partial charge in [-0.1, -0.05) is 13.8 Å². The maximum atomic E-state index is 12.3. The van der Waals surface area contributed by atoms with Gasteiger partial charge in [-0.25, -0.2) is 4.98 Å². The summed E-state index contributed by atoms with van der Waals surface area (Å²) in [5.74, 6) is 0.929. The van der Waals surface area contributed by atoms with E-state index in [4.69, 9.17) is 5.73 Å². The van der Waals surface area contributed by atoms with Crippen LogP contribution in [0.4, 0.5) is 5.82 Å². The molecule has 0 spiro atoms. The first kappa shape index (κ1) is 14.1. The third-order valence-electron chi connectivity index (χ3n) is 3.54. The fourth-order valence-corrected chi connectivity index (χ4v) is 2.52. The van der Waals surface area contributed by atoms with Crippen LogP contribution in [0.2, 0.25) is 0 Å². The first-order valence-corrected chi connectivity index (χ1v) is 7.00. The highest BCUT2D eigenvalue weighted by atomic mass is 16.1. The van der Waals surface area contributed by atoms with Gasteiger partial charge in [0.1, 0.15) is 0 Å². The number of nitrogens with two attached hydrogens (primary N) is 1. The summed E-state index contributed by atoms with van der Waals surface area (Å²) in [5, 5.41) is 3.26. The average molecular weight is 264 g/mol. The summed E-state index contributed by atoms with van der Waals surface area (Å²) >= 11 is 0. The van der Waals surface area contributed by atoms with Gasteiger partial charge in [0.2, 0.25) is 0 Å². The van der Waals surface area contributed by atoms with E-state index in [-0.39, 0.29) is 11.1 Å². The Balaban J connectivity index is 2.22. The van der Waals surface area contributed by atoms with Crippen molar-refractivity contribution in [1.29, 1.82) is 0 Å². The molecule has 1 aliphatic rings. The molecule has 0 amide bonds. The fourth-order valence-electron chi connectivity index (χ4n) is 2.52. The summed E-state index contributed by atoms with van der Waals surface area (Å²) in [6.07, 6.45) is 6.54. The van der Waals surface area contributed by atoms with E-state index in [2.05, 4.69) is 24.1 Å². The Morgan fingerprint density at radius 3 is 2.79 bits per heavy atom. The van der Waals surface area contributed by atoms with E-state index >= 15 is 0 Å². The minimum absolute atomic E-state index is 0.0339. The highest BCUT2D eigenvalue weighted by Crippen LogP contribution is 2.33. The van der Waals surface area contributed by atoms with Crippen LogP contribution < -0.4 is 16.6 Å². The van der Waals surface area contributed by atoms with Crippen molar-refractivity contribution in [3.63, 3.8) is 0 Å². The number of rotatable bonds is 6. The molecule has 5 nitrogen and oxygen atoms in total. The van der Waals surface area contributed by atoms with Crippen molar-refractivity contribution in [2.24, 2.45) is 11.7 Å². The number of nitrogens with zero attached hydrogens (tertiary/aromatic N) is 2. The average Bonchev–Trinajstić information content (AvgIpc) is 3.15. The van der Waals surface area contributed by atoms with Crippen molar-refractivity contribution in [3.05, 3.63) is 22.7 Å². The molecule has 2 rings (SSSR count). The predicted octanol–water partition coefficient (Wildman–Crippen LogP) is 1.75. The first-order valence-electron chi connectivity index (χ1n) is 7.00. The van der Waals surface area contributed by atoms with Crippen LogP contribution in [-0.4, -0.2) is 21.6 Å². The lowest BCUT2D eigenvalue weighted by molar-refractivity contribution is 0.405. The molecule has 1 aliphatic carbocycles. The van der Waals surface area contributed by atoms with Gasteiger partial charge in [-0.2, -0.15) is 0 Å². The molecule has 5 heteroatoms. The second kappa shape index (κ2) is 5.33. The van der Waals surface area contributed by atoms with Gasteiger partial charge in [0.15, 0.2) is 5.82 Å². The zero-order valence-corrected chi connectivity index (χ0v) is 12.0. The number of anilines is 1. The highest BCUT2D eigenvalue weighted by Gasteiger charge is 2.28. The van der Waals surface area contributed by atoms with E-state index in [9.17, 15) is 4.79 Å². The van der Waals surface area contributed by atoms with Crippen molar-refractivity contribution in [2.45, 2.75) is 51.6 Å². The van der Waals surface area contributed by atoms with Crippen LogP contribution in [0.3, 0.4) is 0 Å². The Kier molecular flexibility index (Phi) is 3.94. The smallest absolute Gasteiger partial charge is 0.293 e. The second-order valence-corrected chi connectivity index (χ2v) is 6.21. The first-order chi connectivity index (χ1) is 8.95. The largest absolute Gasteiger partial charge is 0.359 e. The molecule has 19 heavy (non-hydrogen) atoms. The maximum Gasteiger partial charge on any atom is 0.293 e. The summed E-state index contributed by atoms with van der Waals surface area (Å²) < 4.78 is 1.78. The van der Waals surface area contributed by atoms with E-state index in [0.717, 1.165) is 19.3 Å². The lowest BCUT2D eigenvalue weighted by Gasteiger charge is -2.31. The monoisotopic (exact) mass is 264 g/mol. The van der Waals surface area contributed by atoms with Gasteiger partial charge in [-0.3, -0.25) is 4.79 Å². The third kappa shape index (κ3) is 3.35. The number of hydrogen-bond acceptors (Lipinski definition) is 4. The Hall–Kier alpha value is -1.36. The van der Waals surface area contributed by atoms with Crippen LogP contribution >= 0.6 is 0 Å². The number of aromatic nitrogens is 2. The van der Waals surface area contributed by atoms with Gasteiger partial charge in [0.05, 0.1) is 0 Å². The molecule has 1 aromatic rings. The minimum atomic E-state index is -0.289. The van der Waals surface area contributed by atoms with Gasteiger partial charge >= 0.3 is 0 Å². The molecule has 1 saturated carbocycles. The van der Waals surface area contributed by atoms with Crippen LogP contribution in [0.5, 0.6) is 0 Å². The summed E-state index contributed by atoms with van der Waals surface area (Å²) in [5.41, 5.74) is 5.54. The molecular formula is C14H24N4O. The summed E-state index contributed by atoms with van der Waals surface area (Å²) in [6, 6.07) is 0.366. The van der Waals surface area contributed by atoms with E-state index in [1.165, 1.54) is 0 Å². The van der Waals surface area contributed by atoms with Gasteiger partial charge in [-0.05, 0) is 32.1 Å². The third-order valence-corrected chi connectivity index (χ3v) is 3.54. The van der Waals surface area contributed by atoms with Gasteiger partial charge in [0, 0.05) is 30.5 Å². The van der Waals surface area contributed by atoms with Crippen LogP contribution in [-0.2, 0) is 0 Å². The van der Waals surface area contributed by atoms with E-state index in [1.54, 1.807) is 17.0 Å². The number of hydrogen-bond donors (Lipinski definition) is 2. The lowest BCUT2D eigenvalue weighted by atomic mass is 9.91. The van der Waals surface area contributed by atoms with Crippen molar-refractivity contribution < 1.29 is 0 Å². The lowest BCUT2D eigenvalue weighted by Crippen LogP contribution is -2.45. The van der Waals surface area contributed by atoms with E-state index in [1.807, 2.05) is 6.92 Å². The molecule has 1 aromatic heterocycles. The van der Waals surface area contributed by atoms with E-state index < -0.39 is 0 Å². The molecule has 1 fully saturated rings. The second-order valence-electron chi connectivity index (χ2n) is 6.21. The van der Waals surface area contributed by atoms with Gasteiger partial charge in [0.25, 0.3) is 5.56 Å². The van der Waals surface area contributed by atoms with Crippen molar-refractivity contribution in [1.82, 2.24) is 9.55 Å². The Morgan fingerprint density at radius 1 is 1.58 bits per heavy atom. The molecule has 1 heterocycles. The molecule has 0 aromatic carbocycles. The van der Waals surface area contributed by atoms with Gasteiger partial charge in [-0.15, -0.1) is 0 Å². The minimum Gasteiger partial charge on any atom is -0.359 e. The van der Waals surface area contributed by atoms with Crippen molar-refractivity contribution >= 4 is 5.82 Å². The maximum absolute atomic E-state index is 12.3. The Bertz CT molecular complexity index is 492. The molecule has 0 radical (unpaired) electrons. The summed E-state index contributed by atoms with van der Waals surface area (Å²) in [6.45, 7) is 6.82. The van der Waals surface area contributed by atoms with Crippen LogP contribution in [0.25, 0.3) is 0 Å². The molecule has 0 bridgehead atoms. The Labute approximate surface area is 114 Å². The van der Waals surface area contributed by atoms with Crippen LogP contribution in [0, 0.1) is 5.92 Å². The predicted molar refractivity (Wildman–Crippen MR) is 77.3 cm³/mol. The SMILES string of the molecule is CC(C)CC(C)(CN)Nc1nccn(C2CC2)c1=O. The normalized spacial score (nSPS) is 18.4. The zero-order chi connectivity index (χ0) is 14.0. The zero-order valence-electron chi connectivity index (χ0n) is 12.0. The van der Waals surface area contributed by atoms with Crippen LogP contribution in [0.1, 0.15) is 46.1 Å².